The lowest BCUT2D eigenvalue weighted by Crippen LogP contribution is -2.36. The van der Waals surface area contributed by atoms with Crippen LogP contribution in [0.3, 0.4) is 0 Å². The normalized spacial score (nSPS) is 14.4. The van der Waals surface area contributed by atoms with Crippen molar-refractivity contribution >= 4 is 31.1 Å². The first-order valence-corrected chi connectivity index (χ1v) is 10.9. The first-order valence-electron chi connectivity index (χ1n) is 10.9. The van der Waals surface area contributed by atoms with Gasteiger partial charge in [-0.25, -0.2) is 9.97 Å². The van der Waals surface area contributed by atoms with Crippen molar-refractivity contribution in [2.45, 2.75) is 13.0 Å². The monoisotopic (exact) mass is 459 g/mol. The second kappa shape index (κ2) is 10.9. The van der Waals surface area contributed by atoms with Crippen molar-refractivity contribution in [1.82, 2.24) is 20.2 Å². The summed E-state index contributed by atoms with van der Waals surface area (Å²) in [4.78, 5) is 28.0. The van der Waals surface area contributed by atoms with Crippen molar-refractivity contribution in [3.8, 4) is 17.0 Å². The summed E-state index contributed by atoms with van der Waals surface area (Å²) < 4.78 is 11.1. The number of hydrogen-bond acceptors (Lipinski definition) is 9. The molecule has 11 heteroatoms. The van der Waals surface area contributed by atoms with Gasteiger partial charge in [0, 0.05) is 30.9 Å². The first-order chi connectivity index (χ1) is 16.5. The first kappa shape index (κ1) is 23.5. The third-order valence-corrected chi connectivity index (χ3v) is 5.35. The van der Waals surface area contributed by atoms with E-state index in [-0.39, 0.29) is 17.6 Å². The van der Waals surface area contributed by atoms with Crippen LogP contribution in [0.5, 0.6) is 5.75 Å². The summed E-state index contributed by atoms with van der Waals surface area (Å²) in [7, 11) is 5.38. The van der Waals surface area contributed by atoms with Crippen LogP contribution in [0.4, 0.5) is 17.2 Å². The molecule has 0 aliphatic carbocycles. The van der Waals surface area contributed by atoms with Gasteiger partial charge in [0.05, 0.1) is 42.7 Å². The molecule has 1 aromatic carbocycles. The van der Waals surface area contributed by atoms with Gasteiger partial charge in [-0.2, -0.15) is 0 Å². The highest BCUT2D eigenvalue weighted by Crippen LogP contribution is 2.27. The third-order valence-electron chi connectivity index (χ3n) is 5.35. The molecule has 34 heavy (non-hydrogen) atoms. The maximum absolute atomic E-state index is 13.1. The number of nitrogen functional groups attached to an aromatic ring is 1. The van der Waals surface area contributed by atoms with Gasteiger partial charge in [-0.3, -0.25) is 9.78 Å². The van der Waals surface area contributed by atoms with Crippen LogP contribution in [0.1, 0.15) is 17.4 Å². The van der Waals surface area contributed by atoms with Gasteiger partial charge in [0.15, 0.2) is 19.5 Å². The fourth-order valence-corrected chi connectivity index (χ4v) is 3.44. The Morgan fingerprint density at radius 2 is 2.00 bits per heavy atom. The molecular formula is C23H26BN7O3. The van der Waals surface area contributed by atoms with Gasteiger partial charge in [0.1, 0.15) is 12.4 Å². The molecule has 0 spiro atoms. The maximum atomic E-state index is 13.1. The Morgan fingerprint density at radius 1 is 1.24 bits per heavy atom. The molecule has 1 amide bonds. The smallest absolute Gasteiger partial charge is 0.278 e. The van der Waals surface area contributed by atoms with Crippen molar-refractivity contribution in [2.75, 3.05) is 48.9 Å². The molecule has 4 N–H and O–H groups in total. The number of pyridine rings is 1. The molecule has 1 aliphatic heterocycles. The van der Waals surface area contributed by atoms with Crippen molar-refractivity contribution in [2.24, 2.45) is 0 Å². The molecule has 1 fully saturated rings. The number of carbonyl (C=O) groups is 1. The largest absolute Gasteiger partial charge is 0.492 e. The molecule has 3 heterocycles. The minimum atomic E-state index is -0.461. The highest BCUT2D eigenvalue weighted by molar-refractivity contribution is 6.07. The second-order valence-corrected chi connectivity index (χ2v) is 7.84. The van der Waals surface area contributed by atoms with E-state index < -0.39 is 5.91 Å². The molecule has 0 saturated carbocycles. The molecule has 1 saturated heterocycles. The number of aromatic nitrogens is 3. The molecule has 1 aliphatic rings. The summed E-state index contributed by atoms with van der Waals surface area (Å²) in [5.41, 5.74) is 8.76. The molecule has 1 atom stereocenters. The fraction of sp³-hybridized carbons (Fsp3) is 0.304. The summed E-state index contributed by atoms with van der Waals surface area (Å²) in [6.45, 7) is 5.06. The summed E-state index contributed by atoms with van der Waals surface area (Å²) in [6.07, 6.45) is 4.83. The lowest BCUT2D eigenvalue weighted by atomic mass is 10.1. The average molecular weight is 459 g/mol. The standard InChI is InChI=1S/C23H26BN7O3/c1-15(30-24)14-34-17-4-2-16(3-5-17)18-13-27-22(25)21(28-18)23(32)29-19-12-26-7-6-20(19)31-8-10-33-11-9-31/h2-7,12-13,15,30H,8-11,14H2,1H3,(H2,25,27)(H,29,32). The Morgan fingerprint density at radius 3 is 2.74 bits per heavy atom. The number of nitrogens with one attached hydrogen (secondary N) is 2. The van der Waals surface area contributed by atoms with Crippen molar-refractivity contribution in [3.63, 3.8) is 0 Å². The van der Waals surface area contributed by atoms with Crippen LogP contribution in [0.15, 0.2) is 48.9 Å². The number of benzene rings is 1. The molecule has 2 radical (unpaired) electrons. The number of nitrogens with zero attached hydrogens (tertiary/aromatic N) is 4. The van der Waals surface area contributed by atoms with Crippen LogP contribution >= 0.6 is 0 Å². The van der Waals surface area contributed by atoms with E-state index in [0.717, 1.165) is 24.3 Å². The van der Waals surface area contributed by atoms with Crippen LogP contribution in [-0.2, 0) is 4.74 Å². The molecule has 10 nitrogen and oxygen atoms in total. The zero-order chi connectivity index (χ0) is 23.9. The lowest BCUT2D eigenvalue weighted by Gasteiger charge is -2.30. The quantitative estimate of drug-likeness (QED) is 0.431. The number of anilines is 3. The Hall–Kier alpha value is -3.70. The molecule has 3 aromatic rings. The van der Waals surface area contributed by atoms with E-state index in [1.807, 2.05) is 37.3 Å². The molecule has 0 bridgehead atoms. The highest BCUT2D eigenvalue weighted by Gasteiger charge is 2.19. The summed E-state index contributed by atoms with van der Waals surface area (Å²) in [5.74, 6) is 0.276. The van der Waals surface area contributed by atoms with E-state index in [0.29, 0.717) is 37.0 Å². The van der Waals surface area contributed by atoms with Crippen LogP contribution in [-0.4, -0.2) is 67.8 Å². The molecule has 174 valence electrons. The van der Waals surface area contributed by atoms with Crippen molar-refractivity contribution < 1.29 is 14.3 Å². The zero-order valence-electron chi connectivity index (χ0n) is 18.9. The number of nitrogens with two attached hydrogens (primary N) is 1. The van der Waals surface area contributed by atoms with Crippen LogP contribution in [0.25, 0.3) is 11.3 Å². The highest BCUT2D eigenvalue weighted by atomic mass is 16.5. The van der Waals surface area contributed by atoms with E-state index in [1.54, 1.807) is 12.4 Å². The number of carbonyl (C=O) groups excluding carboxylic acids is 1. The van der Waals surface area contributed by atoms with E-state index in [4.69, 9.17) is 23.2 Å². The molecule has 2 aromatic heterocycles. The van der Waals surface area contributed by atoms with Gasteiger partial charge >= 0.3 is 0 Å². The summed E-state index contributed by atoms with van der Waals surface area (Å²) in [5, 5.41) is 5.51. The topological polar surface area (TPSA) is 128 Å². The Balaban J connectivity index is 1.51. The fourth-order valence-electron chi connectivity index (χ4n) is 3.44. The predicted octanol–water partition coefficient (Wildman–Crippen LogP) is 1.65. The van der Waals surface area contributed by atoms with E-state index in [9.17, 15) is 4.79 Å². The Labute approximate surface area is 199 Å². The minimum absolute atomic E-state index is 0.0206. The zero-order valence-corrected chi connectivity index (χ0v) is 18.9. The SMILES string of the molecule is [B]NC(C)COc1ccc(-c2cnc(N)c(C(=O)Nc3cnccc3N3CCOCC3)n2)cc1. The minimum Gasteiger partial charge on any atom is -0.492 e. The number of morpholine rings is 1. The molecule has 4 rings (SSSR count). The predicted molar refractivity (Wildman–Crippen MR) is 131 cm³/mol. The summed E-state index contributed by atoms with van der Waals surface area (Å²) >= 11 is 0. The number of hydrogen-bond donors (Lipinski definition) is 3. The Kier molecular flexibility index (Phi) is 7.56. The van der Waals surface area contributed by atoms with Gasteiger partial charge in [-0.1, -0.05) is 0 Å². The van der Waals surface area contributed by atoms with Crippen LogP contribution in [0.2, 0.25) is 0 Å². The van der Waals surface area contributed by atoms with E-state index >= 15 is 0 Å². The molecular weight excluding hydrogens is 433 g/mol. The number of ether oxygens (including phenoxy) is 2. The number of amides is 1. The van der Waals surface area contributed by atoms with Crippen molar-refractivity contribution in [1.29, 1.82) is 0 Å². The van der Waals surface area contributed by atoms with Gasteiger partial charge in [0.2, 0.25) is 0 Å². The third kappa shape index (κ3) is 5.62. The average Bonchev–Trinajstić information content (AvgIpc) is 2.88. The maximum Gasteiger partial charge on any atom is 0.278 e. The Bertz CT molecular complexity index is 1120. The summed E-state index contributed by atoms with van der Waals surface area (Å²) in [6, 6.07) is 9.21. The lowest BCUT2D eigenvalue weighted by molar-refractivity contribution is 0.102. The molecule has 1 unspecified atom stereocenters. The van der Waals surface area contributed by atoms with Crippen molar-refractivity contribution in [3.05, 3.63) is 54.6 Å². The van der Waals surface area contributed by atoms with Gasteiger partial charge in [-0.05, 0) is 37.3 Å². The van der Waals surface area contributed by atoms with Gasteiger partial charge < -0.3 is 30.7 Å². The second-order valence-electron chi connectivity index (χ2n) is 7.84. The van der Waals surface area contributed by atoms with Crippen LogP contribution in [0, 0.1) is 0 Å². The van der Waals surface area contributed by atoms with E-state index in [1.165, 1.54) is 6.20 Å². The van der Waals surface area contributed by atoms with Crippen LogP contribution < -0.4 is 25.9 Å². The number of rotatable bonds is 8. The van der Waals surface area contributed by atoms with E-state index in [2.05, 4.69) is 30.4 Å². The van der Waals surface area contributed by atoms with Gasteiger partial charge in [-0.15, -0.1) is 0 Å². The van der Waals surface area contributed by atoms with Gasteiger partial charge in [0.25, 0.3) is 5.91 Å².